The highest BCUT2D eigenvalue weighted by molar-refractivity contribution is 7.15. The van der Waals surface area contributed by atoms with Gasteiger partial charge in [-0.2, -0.15) is 5.10 Å². The summed E-state index contributed by atoms with van der Waals surface area (Å²) >= 11 is 1.73. The number of aromatic amines is 2. The van der Waals surface area contributed by atoms with Gasteiger partial charge in [-0.25, -0.2) is 4.98 Å². The summed E-state index contributed by atoms with van der Waals surface area (Å²) in [6, 6.07) is 8.26. The number of rotatable bonds is 6. The van der Waals surface area contributed by atoms with Crippen molar-refractivity contribution in [3.05, 3.63) is 72.4 Å². The Labute approximate surface area is 211 Å². The van der Waals surface area contributed by atoms with Crippen molar-refractivity contribution in [2.75, 3.05) is 5.32 Å². The minimum Gasteiger partial charge on any atom is -0.358 e. The fourth-order valence-corrected chi connectivity index (χ4v) is 4.92. The molecule has 0 saturated heterocycles. The van der Waals surface area contributed by atoms with E-state index >= 15 is 0 Å². The van der Waals surface area contributed by atoms with Gasteiger partial charge in [0.2, 0.25) is 0 Å². The zero-order valence-corrected chi connectivity index (χ0v) is 20.9. The van der Waals surface area contributed by atoms with E-state index in [1.165, 1.54) is 4.88 Å². The summed E-state index contributed by atoms with van der Waals surface area (Å²) in [5.41, 5.74) is 7.82. The molecule has 0 aromatic carbocycles. The zero-order valence-electron chi connectivity index (χ0n) is 20.1. The Bertz CT molecular complexity index is 1740. The zero-order chi connectivity index (χ0) is 24.8. The normalized spacial score (nSPS) is 11.6. The van der Waals surface area contributed by atoms with E-state index in [2.05, 4.69) is 74.9 Å². The van der Waals surface area contributed by atoms with Crippen LogP contribution in [0.25, 0.3) is 55.2 Å². The Morgan fingerprint density at radius 1 is 1.03 bits per heavy atom. The number of H-pyrrole nitrogens is 2. The van der Waals surface area contributed by atoms with Gasteiger partial charge in [-0.05, 0) is 37.1 Å². The van der Waals surface area contributed by atoms with E-state index in [4.69, 9.17) is 4.98 Å². The summed E-state index contributed by atoms with van der Waals surface area (Å²) in [6.07, 6.45) is 9.05. The molecule has 6 rings (SSSR count). The third-order valence-corrected chi connectivity index (χ3v) is 7.14. The molecule has 0 bridgehead atoms. The van der Waals surface area contributed by atoms with Crippen molar-refractivity contribution in [3.63, 3.8) is 0 Å². The topological polar surface area (TPSA) is 108 Å². The van der Waals surface area contributed by atoms with Crippen LogP contribution in [0, 0.1) is 12.8 Å². The van der Waals surface area contributed by atoms with Gasteiger partial charge in [-0.1, -0.05) is 20.4 Å². The minimum absolute atomic E-state index is 0.319. The summed E-state index contributed by atoms with van der Waals surface area (Å²) in [7, 11) is 0. The standard InChI is InChI=1S/C27H24N8S/c1-14(2)16(4)31-18-7-17(9-28-10-18)21-8-19-22(13-30-21)34-35-26(19)27-32-23-12-29-11-20(25(23)33-27)24-6-5-15(3)36-24/h5-14,31H,4H2,1-3H3,(H,32,33)(H,34,35). The maximum atomic E-state index is 4.93. The monoisotopic (exact) mass is 492 g/mol. The Kier molecular flexibility index (Phi) is 5.34. The molecule has 36 heavy (non-hydrogen) atoms. The van der Waals surface area contributed by atoms with Crippen molar-refractivity contribution in [3.8, 4) is 33.2 Å². The van der Waals surface area contributed by atoms with Crippen LogP contribution in [-0.4, -0.2) is 35.1 Å². The fraction of sp³-hybridized carbons (Fsp3) is 0.148. The lowest BCUT2D eigenvalue weighted by Crippen LogP contribution is -2.04. The van der Waals surface area contributed by atoms with E-state index in [0.29, 0.717) is 11.7 Å². The first-order valence-electron chi connectivity index (χ1n) is 11.6. The second kappa shape index (κ2) is 8.69. The molecule has 0 fully saturated rings. The number of anilines is 1. The van der Waals surface area contributed by atoms with Crippen LogP contribution in [-0.2, 0) is 0 Å². The SMILES string of the molecule is C=C(Nc1cncc(-c2cc3c(-c4nc5c(-c6ccc(C)s6)cncc5[nH]4)n[nH]c3cn2)c1)C(C)C. The summed E-state index contributed by atoms with van der Waals surface area (Å²) in [4.78, 5) is 24.2. The van der Waals surface area contributed by atoms with E-state index in [-0.39, 0.29) is 0 Å². The van der Waals surface area contributed by atoms with Gasteiger partial charge in [0.15, 0.2) is 5.82 Å². The van der Waals surface area contributed by atoms with Gasteiger partial charge < -0.3 is 10.3 Å². The first kappa shape index (κ1) is 22.1. The fourth-order valence-electron chi connectivity index (χ4n) is 4.04. The first-order valence-corrected chi connectivity index (χ1v) is 12.4. The molecule has 0 radical (unpaired) electrons. The molecule has 0 aliphatic carbocycles. The number of hydrogen-bond acceptors (Lipinski definition) is 7. The predicted octanol–water partition coefficient (Wildman–Crippen LogP) is 6.58. The van der Waals surface area contributed by atoms with Gasteiger partial charge in [0.05, 0.1) is 41.0 Å². The molecule has 6 aromatic heterocycles. The van der Waals surface area contributed by atoms with Gasteiger partial charge in [0.25, 0.3) is 0 Å². The number of aryl methyl sites for hydroxylation is 1. The lowest BCUT2D eigenvalue weighted by molar-refractivity contribution is 0.778. The first-order chi connectivity index (χ1) is 17.5. The molecule has 0 amide bonds. The Balaban J connectivity index is 1.41. The molecule has 6 heterocycles. The molecular weight excluding hydrogens is 468 g/mol. The number of fused-ring (bicyclic) bond motifs is 2. The molecule has 9 heteroatoms. The highest BCUT2D eigenvalue weighted by atomic mass is 32.1. The van der Waals surface area contributed by atoms with Crippen LogP contribution >= 0.6 is 11.3 Å². The molecule has 0 aliphatic rings. The number of allylic oxidation sites excluding steroid dienone is 1. The molecule has 0 unspecified atom stereocenters. The molecule has 0 atom stereocenters. The average Bonchev–Trinajstić information content (AvgIpc) is 3.61. The molecular formula is C27H24N8S. The van der Waals surface area contributed by atoms with Gasteiger partial charge >= 0.3 is 0 Å². The van der Waals surface area contributed by atoms with E-state index in [9.17, 15) is 0 Å². The van der Waals surface area contributed by atoms with Crippen LogP contribution < -0.4 is 5.32 Å². The van der Waals surface area contributed by atoms with Crippen LogP contribution in [0.2, 0.25) is 0 Å². The van der Waals surface area contributed by atoms with Crippen LogP contribution in [0.15, 0.2) is 67.5 Å². The van der Waals surface area contributed by atoms with E-state index < -0.39 is 0 Å². The van der Waals surface area contributed by atoms with Crippen LogP contribution in [0.5, 0.6) is 0 Å². The third kappa shape index (κ3) is 3.93. The van der Waals surface area contributed by atoms with Crippen molar-refractivity contribution in [2.45, 2.75) is 20.8 Å². The van der Waals surface area contributed by atoms with Crippen molar-refractivity contribution >= 4 is 39.0 Å². The van der Waals surface area contributed by atoms with E-state index in [1.54, 1.807) is 36.1 Å². The van der Waals surface area contributed by atoms with Crippen LogP contribution in [0.1, 0.15) is 18.7 Å². The van der Waals surface area contributed by atoms with Gasteiger partial charge in [-0.15, -0.1) is 11.3 Å². The second-order valence-electron chi connectivity index (χ2n) is 9.03. The lowest BCUT2D eigenvalue weighted by atomic mass is 10.1. The van der Waals surface area contributed by atoms with Crippen LogP contribution in [0.4, 0.5) is 5.69 Å². The molecule has 178 valence electrons. The molecule has 0 saturated carbocycles. The quantitative estimate of drug-likeness (QED) is 0.242. The summed E-state index contributed by atoms with van der Waals surface area (Å²) < 4.78 is 0. The number of nitrogens with zero attached hydrogens (tertiary/aromatic N) is 5. The van der Waals surface area contributed by atoms with Crippen molar-refractivity contribution in [2.24, 2.45) is 5.92 Å². The maximum absolute atomic E-state index is 4.93. The second-order valence-corrected chi connectivity index (χ2v) is 10.3. The van der Waals surface area contributed by atoms with Crippen molar-refractivity contribution in [1.82, 2.24) is 35.1 Å². The molecule has 0 aliphatic heterocycles. The third-order valence-electron chi connectivity index (χ3n) is 6.11. The van der Waals surface area contributed by atoms with Crippen molar-refractivity contribution in [1.29, 1.82) is 0 Å². The largest absolute Gasteiger partial charge is 0.358 e. The van der Waals surface area contributed by atoms with E-state index in [0.717, 1.165) is 60.7 Å². The lowest BCUT2D eigenvalue weighted by Gasteiger charge is -2.13. The molecule has 6 aromatic rings. The number of thiophene rings is 1. The Morgan fingerprint density at radius 2 is 1.89 bits per heavy atom. The highest BCUT2D eigenvalue weighted by Gasteiger charge is 2.17. The average molecular weight is 493 g/mol. The van der Waals surface area contributed by atoms with Crippen molar-refractivity contribution < 1.29 is 0 Å². The predicted molar refractivity (Wildman–Crippen MR) is 146 cm³/mol. The Morgan fingerprint density at radius 3 is 2.69 bits per heavy atom. The number of imidazole rings is 1. The summed E-state index contributed by atoms with van der Waals surface area (Å²) in [6.45, 7) is 10.4. The maximum Gasteiger partial charge on any atom is 0.159 e. The van der Waals surface area contributed by atoms with Crippen LogP contribution in [0.3, 0.4) is 0 Å². The van der Waals surface area contributed by atoms with Gasteiger partial charge in [0, 0.05) is 44.4 Å². The van der Waals surface area contributed by atoms with Gasteiger partial charge in [0.1, 0.15) is 11.2 Å². The molecule has 8 nitrogen and oxygen atoms in total. The molecule has 3 N–H and O–H groups in total. The minimum atomic E-state index is 0.319. The van der Waals surface area contributed by atoms with E-state index in [1.807, 2.05) is 18.3 Å². The highest BCUT2D eigenvalue weighted by Crippen LogP contribution is 2.34. The summed E-state index contributed by atoms with van der Waals surface area (Å²) in [5, 5.41) is 11.9. The number of hydrogen-bond donors (Lipinski definition) is 3. The Hall–Kier alpha value is -4.37. The number of nitrogens with one attached hydrogen (secondary N) is 3. The number of pyridine rings is 3. The van der Waals surface area contributed by atoms with Gasteiger partial charge in [-0.3, -0.25) is 20.1 Å². The smallest absolute Gasteiger partial charge is 0.159 e. The molecule has 0 spiro atoms. The summed E-state index contributed by atoms with van der Waals surface area (Å²) in [5.74, 6) is 0.998. The number of aromatic nitrogens is 7.